The molecular formula is C10H12N2O4S. The summed E-state index contributed by atoms with van der Waals surface area (Å²) in [5.74, 6) is -0.993. The Morgan fingerprint density at radius 1 is 1.59 bits per heavy atom. The molecule has 6 nitrogen and oxygen atoms in total. The minimum absolute atomic E-state index is 0.0521. The fraction of sp³-hybridized carbons (Fsp3) is 0.400. The maximum Gasteiger partial charge on any atom is 0.319 e. The van der Waals surface area contributed by atoms with Crippen LogP contribution in [0.15, 0.2) is 17.3 Å². The van der Waals surface area contributed by atoms with Gasteiger partial charge in [0.25, 0.3) is 5.69 Å². The summed E-state index contributed by atoms with van der Waals surface area (Å²) in [7, 11) is 0. The second-order valence-electron chi connectivity index (χ2n) is 3.98. The molecule has 0 atom stereocenters. The third-order valence-corrected chi connectivity index (χ3v) is 3.24. The molecule has 0 spiro atoms. The first-order valence-corrected chi connectivity index (χ1v) is 5.59. The number of aliphatic carboxylic acids is 1. The molecule has 0 aliphatic heterocycles. The van der Waals surface area contributed by atoms with Crippen LogP contribution in [0.5, 0.6) is 0 Å². The minimum Gasteiger partial charge on any atom is -0.480 e. The molecule has 7 heteroatoms. The Labute approximate surface area is 102 Å². The Hall–Kier alpha value is -1.63. The molecule has 92 valence electrons. The van der Waals surface area contributed by atoms with E-state index in [0.29, 0.717) is 10.6 Å². The number of hydrogen-bond donors (Lipinski definition) is 1. The maximum absolute atomic E-state index is 10.9. The lowest BCUT2D eigenvalue weighted by atomic mass is 10.2. The number of nitro groups is 1. The number of pyridine rings is 1. The first-order valence-electron chi connectivity index (χ1n) is 4.77. The van der Waals surface area contributed by atoms with E-state index in [4.69, 9.17) is 5.11 Å². The summed E-state index contributed by atoms with van der Waals surface area (Å²) in [5, 5.41) is 20.0. The monoisotopic (exact) mass is 256 g/mol. The van der Waals surface area contributed by atoms with Crippen LogP contribution >= 0.6 is 11.8 Å². The molecule has 0 aromatic carbocycles. The number of aryl methyl sites for hydroxylation is 1. The summed E-state index contributed by atoms with van der Waals surface area (Å²) in [5.41, 5.74) is 0.399. The second kappa shape index (κ2) is 4.70. The average Bonchev–Trinajstić information content (AvgIpc) is 2.20. The maximum atomic E-state index is 10.9. The van der Waals surface area contributed by atoms with E-state index >= 15 is 0 Å². The molecule has 0 saturated heterocycles. The van der Waals surface area contributed by atoms with Gasteiger partial charge in [-0.05, 0) is 20.8 Å². The van der Waals surface area contributed by atoms with Crippen molar-refractivity contribution >= 4 is 23.4 Å². The number of aromatic nitrogens is 1. The summed E-state index contributed by atoms with van der Waals surface area (Å²) < 4.78 is -1.07. The van der Waals surface area contributed by atoms with Crippen molar-refractivity contribution in [2.75, 3.05) is 0 Å². The van der Waals surface area contributed by atoms with Crippen molar-refractivity contribution in [2.45, 2.75) is 30.5 Å². The van der Waals surface area contributed by atoms with E-state index in [2.05, 4.69) is 4.98 Å². The molecule has 0 aliphatic rings. The fourth-order valence-corrected chi connectivity index (χ4v) is 1.94. The number of nitrogens with zero attached hydrogens (tertiary/aromatic N) is 2. The van der Waals surface area contributed by atoms with Gasteiger partial charge in [-0.25, -0.2) is 4.98 Å². The van der Waals surface area contributed by atoms with Crippen LogP contribution in [0.2, 0.25) is 0 Å². The van der Waals surface area contributed by atoms with Crippen LogP contribution in [0.1, 0.15) is 19.4 Å². The summed E-state index contributed by atoms with van der Waals surface area (Å²) in [4.78, 5) is 25.1. The molecule has 0 radical (unpaired) electrons. The van der Waals surface area contributed by atoms with Crippen LogP contribution < -0.4 is 0 Å². The normalized spacial score (nSPS) is 11.2. The van der Waals surface area contributed by atoms with E-state index in [9.17, 15) is 14.9 Å². The molecule has 1 aromatic heterocycles. The van der Waals surface area contributed by atoms with Gasteiger partial charge in [-0.1, -0.05) is 11.8 Å². The highest BCUT2D eigenvalue weighted by atomic mass is 32.2. The van der Waals surface area contributed by atoms with E-state index in [0.717, 1.165) is 11.8 Å². The summed E-state index contributed by atoms with van der Waals surface area (Å²) in [6.07, 6.45) is 1.37. The van der Waals surface area contributed by atoms with E-state index in [1.54, 1.807) is 6.92 Å². The standard InChI is InChI=1S/C10H12N2O4S/c1-6-5-11-8(4-7(6)12(15)16)17-10(2,3)9(13)14/h4-5H,1-3H3,(H,13,14). The molecular weight excluding hydrogens is 244 g/mol. The Morgan fingerprint density at radius 3 is 2.65 bits per heavy atom. The van der Waals surface area contributed by atoms with E-state index in [-0.39, 0.29) is 5.69 Å². The molecule has 0 bridgehead atoms. The first-order chi connectivity index (χ1) is 7.74. The number of carboxylic acids is 1. The zero-order valence-corrected chi connectivity index (χ0v) is 10.4. The number of carbonyl (C=O) groups is 1. The lowest BCUT2D eigenvalue weighted by Crippen LogP contribution is -2.27. The largest absolute Gasteiger partial charge is 0.480 e. The molecule has 17 heavy (non-hydrogen) atoms. The van der Waals surface area contributed by atoms with Gasteiger partial charge in [-0.3, -0.25) is 14.9 Å². The van der Waals surface area contributed by atoms with Crippen molar-refractivity contribution in [1.82, 2.24) is 4.98 Å². The molecule has 1 heterocycles. The minimum atomic E-state index is -1.07. The van der Waals surface area contributed by atoms with Crippen LogP contribution in [0, 0.1) is 17.0 Å². The van der Waals surface area contributed by atoms with Crippen molar-refractivity contribution in [3.8, 4) is 0 Å². The summed E-state index contributed by atoms with van der Waals surface area (Å²) >= 11 is 0.979. The van der Waals surface area contributed by atoms with Gasteiger partial charge in [0, 0.05) is 17.8 Å². The Kier molecular flexibility index (Phi) is 3.72. The van der Waals surface area contributed by atoms with Crippen LogP contribution in [0.25, 0.3) is 0 Å². The van der Waals surface area contributed by atoms with Crippen molar-refractivity contribution in [2.24, 2.45) is 0 Å². The topological polar surface area (TPSA) is 93.3 Å². The Morgan fingerprint density at radius 2 is 2.18 bits per heavy atom. The van der Waals surface area contributed by atoms with Gasteiger partial charge in [-0.2, -0.15) is 0 Å². The van der Waals surface area contributed by atoms with Crippen molar-refractivity contribution in [1.29, 1.82) is 0 Å². The fourth-order valence-electron chi connectivity index (χ4n) is 1.05. The first kappa shape index (κ1) is 13.4. The smallest absolute Gasteiger partial charge is 0.319 e. The predicted molar refractivity (Wildman–Crippen MR) is 63.2 cm³/mol. The third-order valence-electron chi connectivity index (χ3n) is 2.12. The number of rotatable bonds is 4. The highest BCUT2D eigenvalue weighted by Gasteiger charge is 2.29. The van der Waals surface area contributed by atoms with Crippen molar-refractivity contribution in [3.63, 3.8) is 0 Å². The van der Waals surface area contributed by atoms with Gasteiger partial charge in [0.2, 0.25) is 0 Å². The highest BCUT2D eigenvalue weighted by Crippen LogP contribution is 2.33. The van der Waals surface area contributed by atoms with Gasteiger partial charge in [0.1, 0.15) is 9.77 Å². The second-order valence-corrected chi connectivity index (χ2v) is 5.63. The molecule has 0 fully saturated rings. The Balaban J connectivity index is 3.05. The number of carboxylic acid groups (broad SMARTS) is 1. The number of hydrogen-bond acceptors (Lipinski definition) is 5. The Bertz CT molecular complexity index is 473. The van der Waals surface area contributed by atoms with Crippen LogP contribution in [-0.2, 0) is 4.79 Å². The van der Waals surface area contributed by atoms with E-state index in [1.165, 1.54) is 26.1 Å². The molecule has 0 unspecified atom stereocenters. The lowest BCUT2D eigenvalue weighted by molar-refractivity contribution is -0.385. The van der Waals surface area contributed by atoms with E-state index in [1.807, 2.05) is 0 Å². The zero-order chi connectivity index (χ0) is 13.2. The molecule has 0 saturated carbocycles. The van der Waals surface area contributed by atoms with Crippen molar-refractivity contribution < 1.29 is 14.8 Å². The van der Waals surface area contributed by atoms with Gasteiger partial charge in [0.05, 0.1) is 4.92 Å². The average molecular weight is 256 g/mol. The SMILES string of the molecule is Cc1cnc(SC(C)(C)C(=O)O)cc1[N+](=O)[O-]. The molecule has 1 N–H and O–H groups in total. The molecule has 0 amide bonds. The predicted octanol–water partition coefficient (Wildman–Crippen LogP) is 2.25. The van der Waals surface area contributed by atoms with Crippen LogP contribution in [0.3, 0.4) is 0 Å². The van der Waals surface area contributed by atoms with Gasteiger partial charge < -0.3 is 5.11 Å². The molecule has 0 aliphatic carbocycles. The highest BCUT2D eigenvalue weighted by molar-refractivity contribution is 8.01. The van der Waals surface area contributed by atoms with E-state index < -0.39 is 15.6 Å². The summed E-state index contributed by atoms with van der Waals surface area (Å²) in [6, 6.07) is 1.30. The lowest BCUT2D eigenvalue weighted by Gasteiger charge is -2.17. The quantitative estimate of drug-likeness (QED) is 0.504. The van der Waals surface area contributed by atoms with Gasteiger partial charge in [0.15, 0.2) is 0 Å². The molecule has 1 aromatic rings. The zero-order valence-electron chi connectivity index (χ0n) is 9.63. The molecule has 1 rings (SSSR count). The van der Waals surface area contributed by atoms with Crippen LogP contribution in [-0.4, -0.2) is 25.7 Å². The van der Waals surface area contributed by atoms with Crippen molar-refractivity contribution in [3.05, 3.63) is 27.9 Å². The van der Waals surface area contributed by atoms with Gasteiger partial charge in [-0.15, -0.1) is 0 Å². The summed E-state index contributed by atoms with van der Waals surface area (Å²) in [6.45, 7) is 4.63. The number of thioether (sulfide) groups is 1. The van der Waals surface area contributed by atoms with Crippen LogP contribution in [0.4, 0.5) is 5.69 Å². The third kappa shape index (κ3) is 3.16. The van der Waals surface area contributed by atoms with Gasteiger partial charge >= 0.3 is 5.97 Å².